The third-order valence-corrected chi connectivity index (χ3v) is 4.52. The maximum absolute atomic E-state index is 11.9. The van der Waals surface area contributed by atoms with E-state index in [4.69, 9.17) is 10.5 Å². The Labute approximate surface area is 126 Å². The van der Waals surface area contributed by atoms with Crippen LogP contribution in [0.15, 0.2) is 24.3 Å². The molecule has 2 aliphatic rings. The van der Waals surface area contributed by atoms with Crippen LogP contribution < -0.4 is 15.8 Å². The minimum atomic E-state index is -0.0239. The molecule has 0 aromatic heterocycles. The lowest BCUT2D eigenvalue weighted by Crippen LogP contribution is -2.34. The van der Waals surface area contributed by atoms with Crippen LogP contribution in [-0.4, -0.2) is 19.1 Å². The van der Waals surface area contributed by atoms with Crippen molar-refractivity contribution in [3.8, 4) is 5.75 Å². The molecule has 114 valence electrons. The summed E-state index contributed by atoms with van der Waals surface area (Å²) in [4.78, 5) is 11.9. The van der Waals surface area contributed by atoms with Crippen molar-refractivity contribution in [1.29, 1.82) is 0 Å². The third-order valence-electron chi connectivity index (χ3n) is 4.52. The summed E-state index contributed by atoms with van der Waals surface area (Å²) in [5, 5.41) is 3.03. The number of nitrogens with one attached hydrogen (secondary N) is 1. The first-order chi connectivity index (χ1) is 10.3. The number of carbonyl (C=O) groups is 1. The highest BCUT2D eigenvalue weighted by atomic mass is 16.5. The molecule has 3 rings (SSSR count). The van der Waals surface area contributed by atoms with E-state index in [1.54, 1.807) is 0 Å². The van der Waals surface area contributed by atoms with Crippen molar-refractivity contribution in [2.24, 2.45) is 23.5 Å². The SMILES string of the molecule is NCc1ccc(OCC(=O)NCC(C2CC2)C2CC2)cc1. The van der Waals surface area contributed by atoms with Crippen LogP contribution in [-0.2, 0) is 11.3 Å². The van der Waals surface area contributed by atoms with Gasteiger partial charge in [-0.15, -0.1) is 0 Å². The lowest BCUT2D eigenvalue weighted by atomic mass is 9.98. The van der Waals surface area contributed by atoms with Gasteiger partial charge in [0.15, 0.2) is 6.61 Å². The molecule has 0 atom stereocenters. The van der Waals surface area contributed by atoms with Gasteiger partial charge in [-0.2, -0.15) is 0 Å². The molecule has 0 unspecified atom stereocenters. The van der Waals surface area contributed by atoms with E-state index in [2.05, 4.69) is 5.32 Å². The van der Waals surface area contributed by atoms with Gasteiger partial charge in [0.1, 0.15) is 5.75 Å². The minimum absolute atomic E-state index is 0.0239. The van der Waals surface area contributed by atoms with Gasteiger partial charge in [0.25, 0.3) is 5.91 Å². The summed E-state index contributed by atoms with van der Waals surface area (Å²) >= 11 is 0. The van der Waals surface area contributed by atoms with Crippen molar-refractivity contribution < 1.29 is 9.53 Å². The van der Waals surface area contributed by atoms with Crippen LogP contribution in [0.2, 0.25) is 0 Å². The second-order valence-electron chi connectivity index (χ2n) is 6.28. The number of carbonyl (C=O) groups excluding carboxylic acids is 1. The van der Waals surface area contributed by atoms with Gasteiger partial charge >= 0.3 is 0 Å². The zero-order valence-electron chi connectivity index (χ0n) is 12.4. The molecule has 1 amide bonds. The molecule has 0 saturated heterocycles. The highest BCUT2D eigenvalue weighted by Crippen LogP contribution is 2.48. The fraction of sp³-hybridized carbons (Fsp3) is 0.588. The molecular weight excluding hydrogens is 264 g/mol. The van der Waals surface area contributed by atoms with Gasteiger partial charge in [0.2, 0.25) is 0 Å². The predicted molar refractivity (Wildman–Crippen MR) is 81.8 cm³/mol. The second-order valence-corrected chi connectivity index (χ2v) is 6.28. The summed E-state index contributed by atoms with van der Waals surface area (Å²) in [6, 6.07) is 7.55. The molecule has 1 aromatic carbocycles. The van der Waals surface area contributed by atoms with Crippen LogP contribution in [0.25, 0.3) is 0 Å². The third kappa shape index (κ3) is 4.21. The molecule has 3 N–H and O–H groups in total. The van der Waals surface area contributed by atoms with E-state index in [1.807, 2.05) is 24.3 Å². The Morgan fingerprint density at radius 1 is 1.19 bits per heavy atom. The molecule has 2 fully saturated rings. The Hall–Kier alpha value is -1.55. The van der Waals surface area contributed by atoms with Gasteiger partial charge in [0.05, 0.1) is 0 Å². The van der Waals surface area contributed by atoms with E-state index in [9.17, 15) is 4.79 Å². The molecule has 4 heteroatoms. The number of hydrogen-bond donors (Lipinski definition) is 2. The quantitative estimate of drug-likeness (QED) is 0.769. The second kappa shape index (κ2) is 6.48. The fourth-order valence-electron chi connectivity index (χ4n) is 2.92. The van der Waals surface area contributed by atoms with Gasteiger partial charge in [0, 0.05) is 13.1 Å². The first-order valence-corrected chi connectivity index (χ1v) is 7.95. The van der Waals surface area contributed by atoms with Crippen LogP contribution in [0.4, 0.5) is 0 Å². The van der Waals surface area contributed by atoms with E-state index >= 15 is 0 Å². The van der Waals surface area contributed by atoms with Gasteiger partial charge in [-0.05, 0) is 61.1 Å². The normalized spacial score (nSPS) is 17.8. The Balaban J connectivity index is 1.39. The molecule has 2 saturated carbocycles. The Bertz CT molecular complexity index is 466. The molecule has 0 bridgehead atoms. The summed E-state index contributed by atoms with van der Waals surface area (Å²) in [7, 11) is 0. The average Bonchev–Trinajstić information content (AvgIpc) is 3.38. The van der Waals surface area contributed by atoms with Crippen molar-refractivity contribution in [1.82, 2.24) is 5.32 Å². The van der Waals surface area contributed by atoms with E-state index in [0.29, 0.717) is 18.2 Å². The Kier molecular flexibility index (Phi) is 4.44. The fourth-order valence-corrected chi connectivity index (χ4v) is 2.92. The van der Waals surface area contributed by atoms with Gasteiger partial charge in [-0.25, -0.2) is 0 Å². The van der Waals surface area contributed by atoms with E-state index in [1.165, 1.54) is 25.7 Å². The molecule has 0 heterocycles. The van der Waals surface area contributed by atoms with E-state index in [0.717, 1.165) is 23.9 Å². The summed E-state index contributed by atoms with van der Waals surface area (Å²) in [6.07, 6.45) is 5.39. The highest BCUT2D eigenvalue weighted by molar-refractivity contribution is 5.77. The van der Waals surface area contributed by atoms with Crippen molar-refractivity contribution in [2.45, 2.75) is 32.2 Å². The van der Waals surface area contributed by atoms with E-state index in [-0.39, 0.29) is 12.5 Å². The van der Waals surface area contributed by atoms with Crippen LogP contribution in [0.1, 0.15) is 31.2 Å². The summed E-state index contributed by atoms with van der Waals surface area (Å²) in [6.45, 7) is 1.43. The first kappa shape index (κ1) is 14.4. The lowest BCUT2D eigenvalue weighted by molar-refractivity contribution is -0.123. The lowest BCUT2D eigenvalue weighted by Gasteiger charge is -2.16. The standard InChI is InChI=1S/C17H24N2O2/c18-9-12-1-7-15(8-2-12)21-11-17(20)19-10-16(13-3-4-13)14-5-6-14/h1-2,7-8,13-14,16H,3-6,9-11,18H2,(H,19,20). The number of benzene rings is 1. The summed E-state index contributed by atoms with van der Waals surface area (Å²) in [5.74, 6) is 3.12. The van der Waals surface area contributed by atoms with E-state index < -0.39 is 0 Å². The number of hydrogen-bond acceptors (Lipinski definition) is 3. The maximum atomic E-state index is 11.9. The molecule has 1 aromatic rings. The van der Waals surface area contributed by atoms with Crippen molar-refractivity contribution in [3.63, 3.8) is 0 Å². The van der Waals surface area contributed by atoms with Gasteiger partial charge in [-0.1, -0.05) is 12.1 Å². The Morgan fingerprint density at radius 3 is 2.33 bits per heavy atom. The molecule has 4 nitrogen and oxygen atoms in total. The number of nitrogens with two attached hydrogens (primary N) is 1. The van der Waals surface area contributed by atoms with Gasteiger partial charge < -0.3 is 15.8 Å². The average molecular weight is 288 g/mol. The smallest absolute Gasteiger partial charge is 0.257 e. The van der Waals surface area contributed by atoms with Gasteiger partial charge in [-0.3, -0.25) is 4.79 Å². The minimum Gasteiger partial charge on any atom is -0.484 e. The molecule has 21 heavy (non-hydrogen) atoms. The number of rotatable bonds is 8. The molecular formula is C17H24N2O2. The zero-order chi connectivity index (χ0) is 14.7. The summed E-state index contributed by atoms with van der Waals surface area (Å²) in [5.41, 5.74) is 6.60. The predicted octanol–water partition coefficient (Wildman–Crippen LogP) is 2.08. The largest absolute Gasteiger partial charge is 0.484 e. The van der Waals surface area contributed by atoms with Crippen LogP contribution in [0.3, 0.4) is 0 Å². The molecule has 0 spiro atoms. The van der Waals surface area contributed by atoms with Crippen molar-refractivity contribution >= 4 is 5.91 Å². The highest BCUT2D eigenvalue weighted by Gasteiger charge is 2.41. The number of ether oxygens (including phenoxy) is 1. The number of amides is 1. The van der Waals surface area contributed by atoms with Crippen LogP contribution in [0, 0.1) is 17.8 Å². The van der Waals surface area contributed by atoms with Crippen molar-refractivity contribution in [2.75, 3.05) is 13.2 Å². The first-order valence-electron chi connectivity index (χ1n) is 7.95. The molecule has 0 aliphatic heterocycles. The van der Waals surface area contributed by atoms with Crippen molar-refractivity contribution in [3.05, 3.63) is 29.8 Å². The topological polar surface area (TPSA) is 64.3 Å². The molecule has 2 aliphatic carbocycles. The van der Waals surface area contributed by atoms with Crippen LogP contribution >= 0.6 is 0 Å². The zero-order valence-corrected chi connectivity index (χ0v) is 12.4. The maximum Gasteiger partial charge on any atom is 0.257 e. The molecule has 0 radical (unpaired) electrons. The van der Waals surface area contributed by atoms with Crippen LogP contribution in [0.5, 0.6) is 5.75 Å². The summed E-state index contributed by atoms with van der Waals surface area (Å²) < 4.78 is 5.50. The Morgan fingerprint density at radius 2 is 1.81 bits per heavy atom. The monoisotopic (exact) mass is 288 g/mol.